The fraction of sp³-hybridized carbons (Fsp3) is 0.467. The van der Waals surface area contributed by atoms with Gasteiger partial charge in [0.1, 0.15) is 0 Å². The average molecular weight is 246 g/mol. The predicted octanol–water partition coefficient (Wildman–Crippen LogP) is 1.91. The molecule has 0 saturated carbocycles. The van der Waals surface area contributed by atoms with Gasteiger partial charge in [0.2, 0.25) is 0 Å². The van der Waals surface area contributed by atoms with Crippen molar-refractivity contribution in [1.29, 1.82) is 0 Å². The highest BCUT2D eigenvalue weighted by molar-refractivity contribution is 5.49. The number of fused-ring (bicyclic) bond motifs is 1. The Morgan fingerprint density at radius 3 is 3.11 bits per heavy atom. The van der Waals surface area contributed by atoms with Crippen molar-refractivity contribution >= 4 is 0 Å². The lowest BCUT2D eigenvalue weighted by molar-refractivity contribution is 0.200. The van der Waals surface area contributed by atoms with E-state index in [9.17, 15) is 0 Å². The SMILES string of the molecule is CCC1=CC2=CC(C=CC=C2CNCCOC)N1. The standard InChI is InChI=1S/C15H22N2O/c1-3-14-9-13-10-15(17-14)6-4-5-12(13)11-16-7-8-18-2/h4-6,9-10,15-17H,3,7-8,11H2,1-2H3. The Balaban J connectivity index is 2.01. The molecular formula is C15H22N2O. The van der Waals surface area contributed by atoms with Crippen molar-refractivity contribution in [2.75, 3.05) is 26.8 Å². The molecule has 0 aromatic heterocycles. The molecule has 98 valence electrons. The van der Waals surface area contributed by atoms with Crippen LogP contribution in [0.4, 0.5) is 0 Å². The maximum atomic E-state index is 5.04. The van der Waals surface area contributed by atoms with Crippen LogP contribution in [0.15, 0.2) is 47.2 Å². The van der Waals surface area contributed by atoms with E-state index in [0.717, 1.165) is 26.1 Å². The summed E-state index contributed by atoms with van der Waals surface area (Å²) in [5.41, 5.74) is 4.00. The number of nitrogens with one attached hydrogen (secondary N) is 2. The quantitative estimate of drug-likeness (QED) is 0.702. The number of allylic oxidation sites excluding steroid dienone is 4. The summed E-state index contributed by atoms with van der Waals surface area (Å²) in [5, 5.41) is 6.90. The summed E-state index contributed by atoms with van der Waals surface area (Å²) < 4.78 is 5.04. The van der Waals surface area contributed by atoms with Crippen LogP contribution in [0.5, 0.6) is 0 Å². The van der Waals surface area contributed by atoms with Crippen LogP contribution < -0.4 is 10.6 Å². The number of ether oxygens (including phenoxy) is 1. The van der Waals surface area contributed by atoms with Crippen LogP contribution >= 0.6 is 0 Å². The molecule has 0 saturated heterocycles. The third kappa shape index (κ3) is 3.34. The maximum absolute atomic E-state index is 5.04. The minimum Gasteiger partial charge on any atom is -0.383 e. The van der Waals surface area contributed by atoms with Crippen LogP contribution in [-0.2, 0) is 4.74 Å². The van der Waals surface area contributed by atoms with E-state index in [1.54, 1.807) is 7.11 Å². The fourth-order valence-corrected chi connectivity index (χ4v) is 2.18. The molecule has 2 N–H and O–H groups in total. The molecule has 3 nitrogen and oxygen atoms in total. The van der Waals surface area contributed by atoms with E-state index in [-0.39, 0.29) is 0 Å². The second-order valence-electron chi connectivity index (χ2n) is 4.56. The summed E-state index contributed by atoms with van der Waals surface area (Å²) in [6, 6.07) is 0.340. The van der Waals surface area contributed by atoms with Gasteiger partial charge in [0.15, 0.2) is 0 Å². The second kappa shape index (κ2) is 6.57. The monoisotopic (exact) mass is 246 g/mol. The Hall–Kier alpha value is -1.32. The van der Waals surface area contributed by atoms with E-state index < -0.39 is 0 Å². The lowest BCUT2D eigenvalue weighted by Crippen LogP contribution is -2.28. The van der Waals surface area contributed by atoms with Gasteiger partial charge in [0.25, 0.3) is 0 Å². The van der Waals surface area contributed by atoms with E-state index >= 15 is 0 Å². The largest absolute Gasteiger partial charge is 0.383 e. The van der Waals surface area contributed by atoms with Crippen molar-refractivity contribution in [3.8, 4) is 0 Å². The summed E-state index contributed by atoms with van der Waals surface area (Å²) in [5.74, 6) is 0. The molecule has 3 heteroatoms. The molecule has 1 unspecified atom stereocenters. The second-order valence-corrected chi connectivity index (χ2v) is 4.56. The number of rotatable bonds is 6. The van der Waals surface area contributed by atoms with E-state index in [4.69, 9.17) is 4.74 Å². The fourth-order valence-electron chi connectivity index (χ4n) is 2.18. The first kappa shape index (κ1) is 13.1. The van der Waals surface area contributed by atoms with Gasteiger partial charge in [0, 0.05) is 25.9 Å². The minimum absolute atomic E-state index is 0.340. The molecule has 0 aromatic carbocycles. The highest BCUT2D eigenvalue weighted by Crippen LogP contribution is 2.22. The average Bonchev–Trinajstić information content (AvgIpc) is 2.53. The third-order valence-electron chi connectivity index (χ3n) is 3.21. The van der Waals surface area contributed by atoms with Crippen molar-refractivity contribution in [1.82, 2.24) is 10.6 Å². The molecule has 1 aliphatic heterocycles. The summed E-state index contributed by atoms with van der Waals surface area (Å²) in [6.45, 7) is 4.71. The Morgan fingerprint density at radius 1 is 1.44 bits per heavy atom. The number of methoxy groups -OCH3 is 1. The van der Waals surface area contributed by atoms with Crippen molar-refractivity contribution in [3.63, 3.8) is 0 Å². The zero-order valence-electron chi connectivity index (χ0n) is 11.2. The normalized spacial score (nSPS) is 21.7. The maximum Gasteiger partial charge on any atom is 0.0637 e. The minimum atomic E-state index is 0.340. The van der Waals surface area contributed by atoms with Crippen LogP contribution in [0.2, 0.25) is 0 Å². The Kier molecular flexibility index (Phi) is 4.79. The predicted molar refractivity (Wildman–Crippen MR) is 75.3 cm³/mol. The van der Waals surface area contributed by atoms with Gasteiger partial charge in [-0.2, -0.15) is 0 Å². The topological polar surface area (TPSA) is 33.3 Å². The zero-order chi connectivity index (χ0) is 12.8. The lowest BCUT2D eigenvalue weighted by atomic mass is 9.99. The Morgan fingerprint density at radius 2 is 2.33 bits per heavy atom. The van der Waals surface area contributed by atoms with Crippen LogP contribution in [0, 0.1) is 0 Å². The Labute approximate surface area is 109 Å². The summed E-state index contributed by atoms with van der Waals surface area (Å²) in [4.78, 5) is 0. The van der Waals surface area contributed by atoms with Crippen molar-refractivity contribution in [3.05, 3.63) is 47.2 Å². The van der Waals surface area contributed by atoms with Gasteiger partial charge in [-0.05, 0) is 23.6 Å². The molecule has 18 heavy (non-hydrogen) atoms. The summed E-state index contributed by atoms with van der Waals surface area (Å²) in [6.07, 6.45) is 12.1. The number of hydrogen-bond acceptors (Lipinski definition) is 3. The first-order valence-electron chi connectivity index (χ1n) is 6.59. The zero-order valence-corrected chi connectivity index (χ0v) is 11.2. The van der Waals surface area contributed by atoms with Crippen molar-refractivity contribution in [2.24, 2.45) is 0 Å². The van der Waals surface area contributed by atoms with Crippen LogP contribution in [0.25, 0.3) is 0 Å². The molecule has 0 aromatic rings. The van der Waals surface area contributed by atoms with Crippen LogP contribution in [0.3, 0.4) is 0 Å². The van der Waals surface area contributed by atoms with Gasteiger partial charge in [0.05, 0.1) is 12.6 Å². The first-order valence-corrected chi connectivity index (χ1v) is 6.59. The lowest BCUT2D eigenvalue weighted by Gasteiger charge is -2.21. The molecule has 1 aliphatic carbocycles. The Bertz CT molecular complexity index is 405. The molecule has 1 heterocycles. The van der Waals surface area contributed by atoms with E-state index in [1.807, 2.05) is 0 Å². The van der Waals surface area contributed by atoms with Gasteiger partial charge in [-0.25, -0.2) is 0 Å². The van der Waals surface area contributed by atoms with Crippen molar-refractivity contribution < 1.29 is 4.74 Å². The third-order valence-corrected chi connectivity index (χ3v) is 3.21. The van der Waals surface area contributed by atoms with Gasteiger partial charge in [-0.3, -0.25) is 0 Å². The highest BCUT2D eigenvalue weighted by atomic mass is 16.5. The number of dihydropyridines is 1. The van der Waals surface area contributed by atoms with E-state index in [1.165, 1.54) is 16.8 Å². The van der Waals surface area contributed by atoms with E-state index in [0.29, 0.717) is 6.04 Å². The number of hydrogen-bond donors (Lipinski definition) is 2. The molecule has 0 spiro atoms. The summed E-state index contributed by atoms with van der Waals surface area (Å²) >= 11 is 0. The first-order chi connectivity index (χ1) is 8.83. The molecule has 0 radical (unpaired) electrons. The van der Waals surface area contributed by atoms with Crippen LogP contribution in [-0.4, -0.2) is 32.8 Å². The van der Waals surface area contributed by atoms with Gasteiger partial charge >= 0.3 is 0 Å². The highest BCUT2D eigenvalue weighted by Gasteiger charge is 2.15. The summed E-state index contributed by atoms with van der Waals surface area (Å²) in [7, 11) is 1.73. The molecule has 2 bridgehead atoms. The van der Waals surface area contributed by atoms with Crippen LogP contribution in [0.1, 0.15) is 13.3 Å². The van der Waals surface area contributed by atoms with Gasteiger partial charge < -0.3 is 15.4 Å². The molecular weight excluding hydrogens is 224 g/mol. The van der Waals surface area contributed by atoms with Crippen molar-refractivity contribution in [2.45, 2.75) is 19.4 Å². The van der Waals surface area contributed by atoms with E-state index in [2.05, 4.69) is 47.9 Å². The smallest absolute Gasteiger partial charge is 0.0637 e. The molecule has 0 amide bonds. The van der Waals surface area contributed by atoms with Gasteiger partial charge in [-0.15, -0.1) is 0 Å². The van der Waals surface area contributed by atoms with Gasteiger partial charge in [-0.1, -0.05) is 31.2 Å². The molecule has 1 atom stereocenters. The molecule has 2 rings (SSSR count). The molecule has 0 fully saturated rings. The molecule has 2 aliphatic rings.